The van der Waals surface area contributed by atoms with Gasteiger partial charge in [0.1, 0.15) is 5.75 Å². The van der Waals surface area contributed by atoms with Crippen LogP contribution in [-0.4, -0.2) is 13.7 Å². The first-order valence-corrected chi connectivity index (χ1v) is 5.46. The summed E-state index contributed by atoms with van der Waals surface area (Å²) in [7, 11) is 1.73. The van der Waals surface area contributed by atoms with Gasteiger partial charge in [-0.1, -0.05) is 6.92 Å². The number of aryl methyl sites for hydroxylation is 1. The van der Waals surface area contributed by atoms with Crippen LogP contribution in [0.2, 0.25) is 0 Å². The molecule has 0 radical (unpaired) electrons. The molecule has 0 spiro atoms. The van der Waals surface area contributed by atoms with Gasteiger partial charge in [0.05, 0.1) is 7.11 Å². The first kappa shape index (κ1) is 12.1. The molecule has 15 heavy (non-hydrogen) atoms. The van der Waals surface area contributed by atoms with Crippen LogP contribution in [0.25, 0.3) is 0 Å². The van der Waals surface area contributed by atoms with Crippen molar-refractivity contribution in [3.63, 3.8) is 0 Å². The van der Waals surface area contributed by atoms with Crippen molar-refractivity contribution in [1.29, 1.82) is 0 Å². The highest BCUT2D eigenvalue weighted by molar-refractivity contribution is 5.47. The Morgan fingerprint density at radius 1 is 1.20 bits per heavy atom. The van der Waals surface area contributed by atoms with Gasteiger partial charge in [-0.2, -0.15) is 0 Å². The standard InChI is InChI=1S/C13H21NO/c1-6-14-8-12-9(2)7-13(15-5)11(4)10(12)3/h7,14H,6,8H2,1-5H3. The van der Waals surface area contributed by atoms with Crippen LogP contribution >= 0.6 is 0 Å². The van der Waals surface area contributed by atoms with Crippen LogP contribution in [0.4, 0.5) is 0 Å². The topological polar surface area (TPSA) is 21.3 Å². The molecule has 1 N–H and O–H groups in total. The summed E-state index contributed by atoms with van der Waals surface area (Å²) in [4.78, 5) is 0. The van der Waals surface area contributed by atoms with Gasteiger partial charge in [-0.05, 0) is 55.6 Å². The van der Waals surface area contributed by atoms with Crippen molar-refractivity contribution < 1.29 is 4.74 Å². The summed E-state index contributed by atoms with van der Waals surface area (Å²) in [6.07, 6.45) is 0. The molecule has 0 bridgehead atoms. The Morgan fingerprint density at radius 3 is 2.40 bits per heavy atom. The zero-order chi connectivity index (χ0) is 11.4. The van der Waals surface area contributed by atoms with Gasteiger partial charge in [0.2, 0.25) is 0 Å². The maximum absolute atomic E-state index is 5.35. The van der Waals surface area contributed by atoms with Gasteiger partial charge in [-0.25, -0.2) is 0 Å². The predicted octanol–water partition coefficient (Wildman–Crippen LogP) is 2.73. The van der Waals surface area contributed by atoms with Crippen LogP contribution in [0.1, 0.15) is 29.2 Å². The lowest BCUT2D eigenvalue weighted by Crippen LogP contribution is -2.14. The van der Waals surface area contributed by atoms with Crippen molar-refractivity contribution in [2.24, 2.45) is 0 Å². The zero-order valence-corrected chi connectivity index (χ0v) is 10.4. The van der Waals surface area contributed by atoms with Gasteiger partial charge in [-0.15, -0.1) is 0 Å². The summed E-state index contributed by atoms with van der Waals surface area (Å²) in [5, 5.41) is 3.37. The number of benzene rings is 1. The molecule has 0 atom stereocenters. The van der Waals surface area contributed by atoms with E-state index in [0.717, 1.165) is 18.8 Å². The van der Waals surface area contributed by atoms with E-state index in [-0.39, 0.29) is 0 Å². The largest absolute Gasteiger partial charge is 0.496 e. The predicted molar refractivity (Wildman–Crippen MR) is 64.6 cm³/mol. The van der Waals surface area contributed by atoms with Crippen LogP contribution in [0.15, 0.2) is 6.07 Å². The summed E-state index contributed by atoms with van der Waals surface area (Å²) >= 11 is 0. The molecule has 2 nitrogen and oxygen atoms in total. The molecule has 0 amide bonds. The third-order valence-corrected chi connectivity index (χ3v) is 2.98. The first-order valence-electron chi connectivity index (χ1n) is 5.46. The van der Waals surface area contributed by atoms with Gasteiger partial charge in [0.25, 0.3) is 0 Å². The molecule has 1 rings (SSSR count). The highest BCUT2D eigenvalue weighted by atomic mass is 16.5. The summed E-state index contributed by atoms with van der Waals surface area (Å²) < 4.78 is 5.35. The van der Waals surface area contributed by atoms with E-state index < -0.39 is 0 Å². The van der Waals surface area contributed by atoms with E-state index in [1.807, 2.05) is 0 Å². The zero-order valence-electron chi connectivity index (χ0n) is 10.4. The Balaban J connectivity index is 3.11. The Kier molecular flexibility index (Phi) is 4.15. The van der Waals surface area contributed by atoms with Crippen LogP contribution in [0, 0.1) is 20.8 Å². The van der Waals surface area contributed by atoms with Crippen molar-refractivity contribution in [3.05, 3.63) is 28.3 Å². The molecule has 0 saturated heterocycles. The second kappa shape index (κ2) is 5.17. The van der Waals surface area contributed by atoms with Crippen LogP contribution in [-0.2, 0) is 6.54 Å². The average molecular weight is 207 g/mol. The number of nitrogens with one attached hydrogen (secondary N) is 1. The molecule has 1 aromatic carbocycles. The number of hydrogen-bond donors (Lipinski definition) is 1. The van der Waals surface area contributed by atoms with Crippen LogP contribution in [0.3, 0.4) is 0 Å². The Hall–Kier alpha value is -1.02. The number of hydrogen-bond acceptors (Lipinski definition) is 2. The maximum Gasteiger partial charge on any atom is 0.122 e. The van der Waals surface area contributed by atoms with E-state index in [4.69, 9.17) is 4.74 Å². The molecule has 0 aliphatic rings. The summed E-state index contributed by atoms with van der Waals surface area (Å²) in [5.41, 5.74) is 5.29. The molecule has 0 aromatic heterocycles. The van der Waals surface area contributed by atoms with E-state index in [2.05, 4.69) is 39.1 Å². The lowest BCUT2D eigenvalue weighted by molar-refractivity contribution is 0.410. The fourth-order valence-electron chi connectivity index (χ4n) is 1.83. The summed E-state index contributed by atoms with van der Waals surface area (Å²) in [5.74, 6) is 0.991. The average Bonchev–Trinajstić information content (AvgIpc) is 2.23. The lowest BCUT2D eigenvalue weighted by atomic mass is 9.97. The maximum atomic E-state index is 5.35. The molecule has 0 aliphatic carbocycles. The van der Waals surface area contributed by atoms with Crippen molar-refractivity contribution >= 4 is 0 Å². The summed E-state index contributed by atoms with van der Waals surface area (Å²) in [6.45, 7) is 10.5. The highest BCUT2D eigenvalue weighted by Crippen LogP contribution is 2.27. The Bertz CT molecular complexity index is 345. The smallest absolute Gasteiger partial charge is 0.122 e. The second-order valence-corrected chi connectivity index (χ2v) is 3.90. The first-order chi connectivity index (χ1) is 7.11. The van der Waals surface area contributed by atoms with E-state index in [0.29, 0.717) is 0 Å². The number of ether oxygens (including phenoxy) is 1. The van der Waals surface area contributed by atoms with E-state index in [1.54, 1.807) is 7.11 Å². The highest BCUT2D eigenvalue weighted by Gasteiger charge is 2.09. The number of rotatable bonds is 4. The van der Waals surface area contributed by atoms with E-state index in [9.17, 15) is 0 Å². The van der Waals surface area contributed by atoms with Crippen molar-refractivity contribution in [2.75, 3.05) is 13.7 Å². The molecule has 0 aliphatic heterocycles. The molecule has 0 saturated carbocycles. The minimum Gasteiger partial charge on any atom is -0.496 e. The van der Waals surface area contributed by atoms with Gasteiger partial charge >= 0.3 is 0 Å². The normalized spacial score (nSPS) is 10.5. The van der Waals surface area contributed by atoms with Gasteiger partial charge in [0.15, 0.2) is 0 Å². The minimum absolute atomic E-state index is 0.943. The fourth-order valence-corrected chi connectivity index (χ4v) is 1.83. The molecule has 2 heteroatoms. The third-order valence-electron chi connectivity index (χ3n) is 2.98. The Labute approximate surface area is 92.6 Å². The van der Waals surface area contributed by atoms with Crippen molar-refractivity contribution in [1.82, 2.24) is 5.32 Å². The molecular formula is C13H21NO. The monoisotopic (exact) mass is 207 g/mol. The molecule has 0 heterocycles. The third kappa shape index (κ3) is 2.51. The summed E-state index contributed by atoms with van der Waals surface area (Å²) in [6, 6.07) is 2.12. The Morgan fingerprint density at radius 2 is 1.87 bits per heavy atom. The van der Waals surface area contributed by atoms with Gasteiger partial charge in [-0.3, -0.25) is 0 Å². The lowest BCUT2D eigenvalue weighted by Gasteiger charge is -2.16. The quantitative estimate of drug-likeness (QED) is 0.819. The van der Waals surface area contributed by atoms with E-state index >= 15 is 0 Å². The van der Waals surface area contributed by atoms with Gasteiger partial charge < -0.3 is 10.1 Å². The minimum atomic E-state index is 0.943. The molecule has 0 unspecified atom stereocenters. The van der Waals surface area contributed by atoms with Crippen LogP contribution < -0.4 is 10.1 Å². The second-order valence-electron chi connectivity index (χ2n) is 3.90. The van der Waals surface area contributed by atoms with Crippen molar-refractivity contribution in [2.45, 2.75) is 34.2 Å². The molecule has 0 fully saturated rings. The fraction of sp³-hybridized carbons (Fsp3) is 0.538. The van der Waals surface area contributed by atoms with Crippen molar-refractivity contribution in [3.8, 4) is 5.75 Å². The molecular weight excluding hydrogens is 186 g/mol. The van der Waals surface area contributed by atoms with E-state index in [1.165, 1.54) is 22.3 Å². The molecule has 84 valence electrons. The number of methoxy groups -OCH3 is 1. The van der Waals surface area contributed by atoms with Crippen LogP contribution in [0.5, 0.6) is 5.75 Å². The molecule has 1 aromatic rings. The van der Waals surface area contributed by atoms with Gasteiger partial charge in [0, 0.05) is 6.54 Å². The SMILES string of the molecule is CCNCc1c(C)cc(OC)c(C)c1C.